The number of fused-ring (bicyclic) bond motifs is 1. The largest absolute Gasteiger partial charge is 0.464 e. The Morgan fingerprint density at radius 1 is 1.03 bits per heavy atom. The predicted molar refractivity (Wildman–Crippen MR) is 144 cm³/mol. The molecule has 3 aromatic rings. The molecule has 0 amide bonds. The number of carbonyl (C=O) groups is 1. The molecular formula is C30H38N4O3. The van der Waals surface area contributed by atoms with Crippen molar-refractivity contribution in [2.24, 2.45) is 0 Å². The summed E-state index contributed by atoms with van der Waals surface area (Å²) in [6.07, 6.45) is 10.6. The average Bonchev–Trinajstić information content (AvgIpc) is 3.30. The Balaban J connectivity index is 1.39. The van der Waals surface area contributed by atoms with E-state index in [9.17, 15) is 4.79 Å². The van der Waals surface area contributed by atoms with E-state index in [4.69, 9.17) is 19.6 Å². The zero-order valence-corrected chi connectivity index (χ0v) is 22.0. The van der Waals surface area contributed by atoms with Crippen LogP contribution in [0.3, 0.4) is 0 Å². The van der Waals surface area contributed by atoms with Gasteiger partial charge >= 0.3 is 5.97 Å². The summed E-state index contributed by atoms with van der Waals surface area (Å²) < 4.78 is 12.8. The van der Waals surface area contributed by atoms with Gasteiger partial charge < -0.3 is 9.47 Å². The van der Waals surface area contributed by atoms with Crippen molar-refractivity contribution >= 4 is 17.0 Å². The van der Waals surface area contributed by atoms with E-state index in [1.54, 1.807) is 0 Å². The fraction of sp³-hybridized carbons (Fsp3) is 0.567. The van der Waals surface area contributed by atoms with Crippen LogP contribution in [-0.2, 0) is 15.9 Å². The SMILES string of the molecule is COC(=O)c1cc(-c2ccc(CCN3CCOCC3)cc2)c2c(C3CCC3)nn(C3CCCCC3)c2n1. The lowest BCUT2D eigenvalue weighted by molar-refractivity contribution is 0.0384. The Kier molecular flexibility index (Phi) is 7.25. The number of ether oxygens (including phenoxy) is 2. The highest BCUT2D eigenvalue weighted by Crippen LogP contribution is 2.44. The molecule has 196 valence electrons. The van der Waals surface area contributed by atoms with Crippen molar-refractivity contribution in [3.8, 4) is 11.1 Å². The van der Waals surface area contributed by atoms with Gasteiger partial charge in [0, 0.05) is 25.6 Å². The number of morpholine rings is 1. The van der Waals surface area contributed by atoms with Crippen LogP contribution in [0.1, 0.15) is 85.1 Å². The number of pyridine rings is 1. The molecule has 1 aliphatic heterocycles. The Morgan fingerprint density at radius 3 is 2.46 bits per heavy atom. The minimum atomic E-state index is -0.396. The molecular weight excluding hydrogens is 464 g/mol. The Labute approximate surface area is 219 Å². The average molecular weight is 503 g/mol. The topological polar surface area (TPSA) is 69.5 Å². The maximum Gasteiger partial charge on any atom is 0.356 e. The zero-order valence-electron chi connectivity index (χ0n) is 22.0. The first-order chi connectivity index (χ1) is 18.2. The quantitative estimate of drug-likeness (QED) is 0.396. The summed E-state index contributed by atoms with van der Waals surface area (Å²) in [5.41, 5.74) is 5.86. The van der Waals surface area contributed by atoms with Gasteiger partial charge in [-0.1, -0.05) is 49.9 Å². The van der Waals surface area contributed by atoms with E-state index in [1.807, 2.05) is 6.07 Å². The van der Waals surface area contributed by atoms with Crippen LogP contribution in [0.15, 0.2) is 30.3 Å². The molecule has 6 rings (SSSR count). The molecule has 37 heavy (non-hydrogen) atoms. The molecule has 2 saturated carbocycles. The summed E-state index contributed by atoms with van der Waals surface area (Å²) in [7, 11) is 1.43. The Bertz CT molecular complexity index is 1240. The third-order valence-corrected chi connectivity index (χ3v) is 8.58. The van der Waals surface area contributed by atoms with E-state index in [2.05, 4.69) is 33.8 Å². The third-order valence-electron chi connectivity index (χ3n) is 8.58. The van der Waals surface area contributed by atoms with Crippen LogP contribution in [0.2, 0.25) is 0 Å². The monoisotopic (exact) mass is 502 g/mol. The maximum absolute atomic E-state index is 12.7. The summed E-state index contributed by atoms with van der Waals surface area (Å²) in [5.74, 6) is 0.0801. The predicted octanol–water partition coefficient (Wildman–Crippen LogP) is 5.53. The van der Waals surface area contributed by atoms with Crippen molar-refractivity contribution in [1.29, 1.82) is 0 Å². The molecule has 7 nitrogen and oxygen atoms in total. The van der Waals surface area contributed by atoms with Gasteiger partial charge in [-0.3, -0.25) is 4.90 Å². The van der Waals surface area contributed by atoms with Crippen LogP contribution >= 0.6 is 0 Å². The number of benzene rings is 1. The first-order valence-corrected chi connectivity index (χ1v) is 14.1. The molecule has 1 aromatic carbocycles. The third kappa shape index (κ3) is 5.04. The van der Waals surface area contributed by atoms with Crippen LogP contribution in [0.5, 0.6) is 0 Å². The van der Waals surface area contributed by atoms with Gasteiger partial charge in [0.2, 0.25) is 0 Å². The van der Waals surface area contributed by atoms with Crippen molar-refractivity contribution in [3.05, 3.63) is 47.3 Å². The molecule has 0 unspecified atom stereocenters. The smallest absolute Gasteiger partial charge is 0.356 e. The zero-order chi connectivity index (χ0) is 25.2. The van der Waals surface area contributed by atoms with Crippen molar-refractivity contribution < 1.29 is 14.3 Å². The number of methoxy groups -OCH3 is 1. The number of carbonyl (C=O) groups excluding carboxylic acids is 1. The number of hydrogen-bond acceptors (Lipinski definition) is 6. The van der Waals surface area contributed by atoms with Gasteiger partial charge in [0.15, 0.2) is 11.3 Å². The summed E-state index contributed by atoms with van der Waals surface area (Å²) in [6.45, 7) is 4.74. The van der Waals surface area contributed by atoms with Crippen LogP contribution in [0.25, 0.3) is 22.2 Å². The lowest BCUT2D eigenvalue weighted by Crippen LogP contribution is -2.37. The van der Waals surface area contributed by atoms with E-state index in [0.29, 0.717) is 17.7 Å². The van der Waals surface area contributed by atoms with Crippen molar-refractivity contribution in [2.45, 2.75) is 69.7 Å². The molecule has 0 atom stereocenters. The van der Waals surface area contributed by atoms with Gasteiger partial charge in [-0.05, 0) is 54.9 Å². The lowest BCUT2D eigenvalue weighted by Gasteiger charge is -2.26. The molecule has 7 heteroatoms. The van der Waals surface area contributed by atoms with Crippen molar-refractivity contribution in [2.75, 3.05) is 40.0 Å². The fourth-order valence-corrected chi connectivity index (χ4v) is 6.11. The molecule has 1 saturated heterocycles. The Morgan fingerprint density at radius 2 is 1.78 bits per heavy atom. The number of esters is 1. The van der Waals surface area contributed by atoms with Crippen molar-refractivity contribution in [3.63, 3.8) is 0 Å². The van der Waals surface area contributed by atoms with Gasteiger partial charge in [-0.25, -0.2) is 14.5 Å². The number of aromatic nitrogens is 3. The second-order valence-corrected chi connectivity index (χ2v) is 10.9. The molecule has 3 aliphatic rings. The van der Waals surface area contributed by atoms with Crippen LogP contribution in [-0.4, -0.2) is 65.6 Å². The minimum absolute atomic E-state index is 0.348. The first-order valence-electron chi connectivity index (χ1n) is 14.1. The summed E-state index contributed by atoms with van der Waals surface area (Å²) >= 11 is 0. The van der Waals surface area contributed by atoms with E-state index < -0.39 is 5.97 Å². The van der Waals surface area contributed by atoms with E-state index in [0.717, 1.165) is 74.3 Å². The standard InChI is InChI=1S/C30H38N4O3/c1-36-30(35)26-20-25(22-12-10-21(11-13-22)14-15-33-16-18-37-19-17-33)27-28(23-6-5-7-23)32-34(29(27)31-26)24-8-3-2-4-9-24/h10-13,20,23-24H,2-9,14-19H2,1H3. The van der Waals surface area contributed by atoms with Crippen LogP contribution in [0, 0.1) is 0 Å². The summed E-state index contributed by atoms with van der Waals surface area (Å²) in [6, 6.07) is 11.1. The number of hydrogen-bond donors (Lipinski definition) is 0. The lowest BCUT2D eigenvalue weighted by atomic mass is 9.81. The second-order valence-electron chi connectivity index (χ2n) is 10.9. The van der Waals surface area contributed by atoms with Crippen LogP contribution < -0.4 is 0 Å². The highest BCUT2D eigenvalue weighted by atomic mass is 16.5. The molecule has 3 heterocycles. The molecule has 0 radical (unpaired) electrons. The molecule has 2 aromatic heterocycles. The number of rotatable bonds is 7. The van der Waals surface area contributed by atoms with E-state index in [1.165, 1.54) is 56.9 Å². The molecule has 3 fully saturated rings. The normalized spacial score (nSPS) is 19.7. The van der Waals surface area contributed by atoms with E-state index >= 15 is 0 Å². The summed E-state index contributed by atoms with van der Waals surface area (Å²) in [4.78, 5) is 20.0. The Hall–Kier alpha value is -2.77. The minimum Gasteiger partial charge on any atom is -0.464 e. The summed E-state index contributed by atoms with van der Waals surface area (Å²) in [5, 5.41) is 6.36. The molecule has 0 N–H and O–H groups in total. The van der Waals surface area contributed by atoms with Gasteiger partial charge in [0.1, 0.15) is 0 Å². The van der Waals surface area contributed by atoms with Gasteiger partial charge in [-0.15, -0.1) is 0 Å². The highest BCUT2D eigenvalue weighted by Gasteiger charge is 2.31. The first kappa shape index (κ1) is 24.6. The van der Waals surface area contributed by atoms with E-state index in [-0.39, 0.29) is 0 Å². The van der Waals surface area contributed by atoms with Gasteiger partial charge in [0.25, 0.3) is 0 Å². The maximum atomic E-state index is 12.7. The second kappa shape index (κ2) is 10.9. The number of nitrogens with zero attached hydrogens (tertiary/aromatic N) is 4. The molecule has 0 spiro atoms. The fourth-order valence-electron chi connectivity index (χ4n) is 6.11. The molecule has 2 aliphatic carbocycles. The molecule has 0 bridgehead atoms. The van der Waals surface area contributed by atoms with Crippen LogP contribution in [0.4, 0.5) is 0 Å². The highest BCUT2D eigenvalue weighted by molar-refractivity contribution is 6.00. The van der Waals surface area contributed by atoms with Gasteiger partial charge in [-0.2, -0.15) is 5.10 Å². The van der Waals surface area contributed by atoms with Crippen molar-refractivity contribution in [1.82, 2.24) is 19.7 Å². The van der Waals surface area contributed by atoms with Gasteiger partial charge in [0.05, 0.1) is 37.4 Å².